The molecule has 0 aromatic heterocycles. The van der Waals surface area contributed by atoms with Crippen molar-refractivity contribution in [3.05, 3.63) is 11.6 Å². The third-order valence-corrected chi connectivity index (χ3v) is 5.57. The molecule has 0 saturated heterocycles. The molecule has 0 aromatic carbocycles. The van der Waals surface area contributed by atoms with Crippen molar-refractivity contribution in [2.45, 2.75) is 18.5 Å². The van der Waals surface area contributed by atoms with E-state index in [2.05, 4.69) is 17.1 Å². The molecular formula is C15H14N4O2. The number of hydrogen-bond acceptors (Lipinski definition) is 6. The third kappa shape index (κ3) is 1.00. The van der Waals surface area contributed by atoms with Gasteiger partial charge in [-0.25, -0.2) is 9.98 Å². The molecule has 0 radical (unpaired) electrons. The summed E-state index contributed by atoms with van der Waals surface area (Å²) in [4.78, 5) is 9.29. The number of rotatable bonds is 0. The Balaban J connectivity index is 2.03. The summed E-state index contributed by atoms with van der Waals surface area (Å²) < 4.78 is 10.9. The highest BCUT2D eigenvalue weighted by molar-refractivity contribution is 5.97. The largest absolute Gasteiger partial charge is 0.484 e. The van der Waals surface area contributed by atoms with Gasteiger partial charge in [-0.05, 0) is 6.92 Å². The summed E-state index contributed by atoms with van der Waals surface area (Å²) in [5.41, 5.74) is -0.651. The molecule has 0 aromatic rings. The minimum atomic E-state index is -0.826. The van der Waals surface area contributed by atoms with Crippen LogP contribution in [0.15, 0.2) is 21.6 Å². The summed E-state index contributed by atoms with van der Waals surface area (Å²) >= 11 is 0. The van der Waals surface area contributed by atoms with Crippen LogP contribution in [0, 0.1) is 45.8 Å². The van der Waals surface area contributed by atoms with Gasteiger partial charge in [0.25, 0.3) is 0 Å². The summed E-state index contributed by atoms with van der Waals surface area (Å²) in [5.74, 6) is 0.649. The van der Waals surface area contributed by atoms with Gasteiger partial charge < -0.3 is 9.47 Å². The number of nitrogens with zero attached hydrogens (tertiary/aromatic N) is 4. The van der Waals surface area contributed by atoms with Crippen molar-refractivity contribution in [2.24, 2.45) is 33.2 Å². The molecule has 5 rings (SSSR count). The van der Waals surface area contributed by atoms with Gasteiger partial charge in [0, 0.05) is 11.8 Å². The lowest BCUT2D eigenvalue weighted by Gasteiger charge is -2.60. The zero-order valence-corrected chi connectivity index (χ0v) is 12.0. The lowest BCUT2D eigenvalue weighted by molar-refractivity contribution is -0.0396. The van der Waals surface area contributed by atoms with Gasteiger partial charge in [-0.15, -0.1) is 0 Å². The first-order valence-corrected chi connectivity index (χ1v) is 6.87. The van der Waals surface area contributed by atoms with Gasteiger partial charge in [0.1, 0.15) is 5.41 Å². The first-order chi connectivity index (χ1) is 10.1. The van der Waals surface area contributed by atoms with Crippen molar-refractivity contribution < 1.29 is 9.47 Å². The summed E-state index contributed by atoms with van der Waals surface area (Å²) in [6.45, 7) is 2.03. The standard InChI is InChI=1S/C15H14N4O2/c1-14-8-4-7(5-16)10-9(12(19-14)20-2)11(14)15(8,6-17)13(18-10)21-3/h4,8-11H,1-3H3. The monoisotopic (exact) mass is 282 g/mol. The zero-order chi connectivity index (χ0) is 15.0. The first-order valence-electron chi connectivity index (χ1n) is 6.87. The molecule has 6 unspecified atom stereocenters. The van der Waals surface area contributed by atoms with E-state index >= 15 is 0 Å². The van der Waals surface area contributed by atoms with Gasteiger partial charge in [-0.3, -0.25) is 0 Å². The molecule has 0 spiro atoms. The van der Waals surface area contributed by atoms with Gasteiger partial charge in [0.05, 0.1) is 49.4 Å². The second-order valence-corrected chi connectivity index (χ2v) is 6.16. The Morgan fingerprint density at radius 2 is 2.05 bits per heavy atom. The van der Waals surface area contributed by atoms with Gasteiger partial charge >= 0.3 is 0 Å². The van der Waals surface area contributed by atoms with Crippen molar-refractivity contribution in [1.82, 2.24) is 0 Å². The molecule has 1 saturated carbocycles. The Labute approximate surface area is 122 Å². The van der Waals surface area contributed by atoms with Crippen molar-refractivity contribution >= 4 is 11.8 Å². The fourth-order valence-corrected chi connectivity index (χ4v) is 4.88. The predicted octanol–water partition coefficient (Wildman–Crippen LogP) is 1.07. The molecule has 3 heterocycles. The van der Waals surface area contributed by atoms with E-state index in [0.29, 0.717) is 17.4 Å². The van der Waals surface area contributed by atoms with E-state index < -0.39 is 11.0 Å². The molecule has 21 heavy (non-hydrogen) atoms. The third-order valence-electron chi connectivity index (χ3n) is 5.57. The van der Waals surface area contributed by atoms with E-state index in [1.807, 2.05) is 13.0 Å². The van der Waals surface area contributed by atoms with Crippen LogP contribution >= 0.6 is 0 Å². The number of methoxy groups -OCH3 is 2. The molecule has 6 bridgehead atoms. The van der Waals surface area contributed by atoms with Crippen LogP contribution in [0.4, 0.5) is 0 Å². The Morgan fingerprint density at radius 1 is 1.29 bits per heavy atom. The molecule has 6 atom stereocenters. The molecular weight excluding hydrogens is 268 g/mol. The molecule has 5 aliphatic rings. The summed E-state index contributed by atoms with van der Waals surface area (Å²) in [6, 6.07) is 4.31. The smallest absolute Gasteiger partial charge is 0.205 e. The van der Waals surface area contributed by atoms with Crippen molar-refractivity contribution in [2.75, 3.05) is 14.2 Å². The van der Waals surface area contributed by atoms with Crippen LogP contribution in [0.5, 0.6) is 0 Å². The first kappa shape index (κ1) is 12.4. The summed E-state index contributed by atoms with van der Waals surface area (Å²) in [7, 11) is 3.12. The highest BCUT2D eigenvalue weighted by atomic mass is 16.5. The van der Waals surface area contributed by atoms with Crippen LogP contribution in [0.2, 0.25) is 0 Å². The highest BCUT2D eigenvalue weighted by Gasteiger charge is 2.81. The maximum atomic E-state index is 9.87. The predicted molar refractivity (Wildman–Crippen MR) is 73.3 cm³/mol. The van der Waals surface area contributed by atoms with E-state index in [1.54, 1.807) is 7.11 Å². The van der Waals surface area contributed by atoms with Crippen molar-refractivity contribution in [1.29, 1.82) is 10.5 Å². The minimum Gasteiger partial charge on any atom is -0.484 e. The van der Waals surface area contributed by atoms with Crippen LogP contribution < -0.4 is 0 Å². The topological polar surface area (TPSA) is 90.8 Å². The molecule has 0 N–H and O–H groups in total. The van der Waals surface area contributed by atoms with E-state index in [-0.39, 0.29) is 23.8 Å². The molecule has 106 valence electrons. The van der Waals surface area contributed by atoms with Crippen LogP contribution in [0.25, 0.3) is 0 Å². The Hall–Kier alpha value is -2.34. The lowest BCUT2D eigenvalue weighted by Crippen LogP contribution is -2.70. The van der Waals surface area contributed by atoms with Crippen molar-refractivity contribution in [3.63, 3.8) is 0 Å². The van der Waals surface area contributed by atoms with Gasteiger partial charge in [-0.2, -0.15) is 10.5 Å². The average molecular weight is 282 g/mol. The fourth-order valence-electron chi connectivity index (χ4n) is 4.88. The van der Waals surface area contributed by atoms with Crippen LogP contribution in [0.3, 0.4) is 0 Å². The summed E-state index contributed by atoms with van der Waals surface area (Å²) in [5, 5.41) is 19.3. The number of hydrogen-bond donors (Lipinski definition) is 0. The molecule has 0 amide bonds. The number of ether oxygens (including phenoxy) is 2. The van der Waals surface area contributed by atoms with Crippen LogP contribution in [-0.2, 0) is 9.47 Å². The zero-order valence-electron chi connectivity index (χ0n) is 12.0. The van der Waals surface area contributed by atoms with Gasteiger partial charge in [0.15, 0.2) is 5.90 Å². The van der Waals surface area contributed by atoms with Crippen LogP contribution in [-0.4, -0.2) is 37.6 Å². The Morgan fingerprint density at radius 3 is 2.62 bits per heavy atom. The lowest BCUT2D eigenvalue weighted by atomic mass is 9.41. The second-order valence-electron chi connectivity index (χ2n) is 6.16. The molecule has 2 aliphatic carbocycles. The molecule has 3 aliphatic heterocycles. The van der Waals surface area contributed by atoms with Gasteiger partial charge in [0.2, 0.25) is 5.90 Å². The highest BCUT2D eigenvalue weighted by Crippen LogP contribution is 2.71. The molecule has 1 fully saturated rings. The van der Waals surface area contributed by atoms with E-state index in [9.17, 15) is 10.5 Å². The van der Waals surface area contributed by atoms with Crippen LogP contribution in [0.1, 0.15) is 6.92 Å². The van der Waals surface area contributed by atoms with E-state index in [1.165, 1.54) is 7.11 Å². The number of aliphatic imine (C=N–C) groups is 2. The molecule has 6 heteroatoms. The second kappa shape index (κ2) is 3.46. The quantitative estimate of drug-likeness (QED) is 0.664. The SMILES string of the molecule is COC1=NC2(C)C3C=C(C#N)C4N=C(OC)C3(C#N)C2C14. The van der Waals surface area contributed by atoms with Gasteiger partial charge in [-0.1, -0.05) is 6.08 Å². The average Bonchev–Trinajstić information content (AvgIpc) is 2.62. The maximum Gasteiger partial charge on any atom is 0.205 e. The van der Waals surface area contributed by atoms with Crippen molar-refractivity contribution in [3.8, 4) is 12.1 Å². The van der Waals surface area contributed by atoms with E-state index in [4.69, 9.17) is 14.5 Å². The molecule has 6 nitrogen and oxygen atoms in total. The Bertz CT molecular complexity index is 725. The fraction of sp³-hybridized carbons (Fsp3) is 0.600. The maximum absolute atomic E-state index is 9.87. The Kier molecular flexibility index (Phi) is 2.04. The van der Waals surface area contributed by atoms with E-state index in [0.717, 1.165) is 0 Å². The minimum absolute atomic E-state index is 0.0468. The summed E-state index contributed by atoms with van der Waals surface area (Å²) in [6.07, 6.45) is 1.88. The normalized spacial score (nSPS) is 48.0. The number of nitriles is 2.